The lowest BCUT2D eigenvalue weighted by Gasteiger charge is -2.56. The van der Waals surface area contributed by atoms with Gasteiger partial charge in [-0.15, -0.1) is 0 Å². The summed E-state index contributed by atoms with van der Waals surface area (Å²) in [5.74, 6) is -0.731. The van der Waals surface area contributed by atoms with Crippen LogP contribution in [0.25, 0.3) is 0 Å². The second kappa shape index (κ2) is 6.96. The minimum atomic E-state index is -1.14. The Hall–Kier alpha value is -1.84. The summed E-state index contributed by atoms with van der Waals surface area (Å²) in [5, 5.41) is 8.85. The first-order valence-electron chi connectivity index (χ1n) is 10.1. The van der Waals surface area contributed by atoms with E-state index in [0.717, 1.165) is 25.7 Å². The number of carbonyl (C=O) groups is 2. The van der Waals surface area contributed by atoms with Gasteiger partial charge in [0.15, 0.2) is 0 Å². The highest BCUT2D eigenvalue weighted by atomic mass is 16.5. The second-order valence-electron chi connectivity index (χ2n) is 9.66. The maximum Gasteiger partial charge on any atom is 0.317 e. The zero-order valence-electron chi connectivity index (χ0n) is 17.2. The predicted molar refractivity (Wildman–Crippen MR) is 105 cm³/mol. The van der Waals surface area contributed by atoms with Crippen LogP contribution in [0.5, 0.6) is 0 Å². The van der Waals surface area contributed by atoms with Gasteiger partial charge in [0.2, 0.25) is 0 Å². The van der Waals surface area contributed by atoms with E-state index in [0.29, 0.717) is 11.8 Å². The Bertz CT molecular complexity index is 749. The van der Waals surface area contributed by atoms with Crippen LogP contribution in [0.15, 0.2) is 18.2 Å². The summed E-state index contributed by atoms with van der Waals surface area (Å²) in [7, 11) is 0. The number of carboxylic acids is 1. The van der Waals surface area contributed by atoms with Gasteiger partial charge in [-0.25, -0.2) is 0 Å². The molecule has 0 heterocycles. The molecule has 3 atom stereocenters. The van der Waals surface area contributed by atoms with E-state index in [1.54, 1.807) is 0 Å². The lowest BCUT2D eigenvalue weighted by atomic mass is 9.49. The van der Waals surface area contributed by atoms with Gasteiger partial charge < -0.3 is 9.84 Å². The van der Waals surface area contributed by atoms with E-state index >= 15 is 0 Å². The molecule has 2 aliphatic carbocycles. The van der Waals surface area contributed by atoms with E-state index < -0.39 is 18.4 Å². The van der Waals surface area contributed by atoms with Gasteiger partial charge in [0.25, 0.3) is 0 Å². The average molecular weight is 373 g/mol. The summed E-state index contributed by atoms with van der Waals surface area (Å²) in [5.41, 5.74) is 4.16. The molecule has 1 aromatic rings. The molecule has 1 aromatic carbocycles. The molecule has 1 N–H and O–H groups in total. The van der Waals surface area contributed by atoms with Crippen molar-refractivity contribution >= 4 is 11.9 Å². The fraction of sp³-hybridized carbons (Fsp3) is 0.652. The van der Waals surface area contributed by atoms with Crippen molar-refractivity contribution in [1.29, 1.82) is 0 Å². The molecule has 0 radical (unpaired) electrons. The number of hydrogen-bond donors (Lipinski definition) is 1. The van der Waals surface area contributed by atoms with Gasteiger partial charge in [-0.1, -0.05) is 52.8 Å². The molecule has 1 fully saturated rings. The molecule has 148 valence electrons. The highest BCUT2D eigenvalue weighted by Gasteiger charge is 2.53. The van der Waals surface area contributed by atoms with Crippen molar-refractivity contribution in [2.45, 2.75) is 84.2 Å². The largest absolute Gasteiger partial charge is 0.481 e. The van der Waals surface area contributed by atoms with E-state index in [-0.39, 0.29) is 16.9 Å². The minimum absolute atomic E-state index is 0.0373. The van der Waals surface area contributed by atoms with Crippen LogP contribution in [-0.2, 0) is 26.2 Å². The van der Waals surface area contributed by atoms with E-state index in [1.165, 1.54) is 16.7 Å². The molecule has 4 nitrogen and oxygen atoms in total. The molecule has 0 saturated heterocycles. The van der Waals surface area contributed by atoms with Crippen LogP contribution in [0.3, 0.4) is 0 Å². The average Bonchev–Trinajstić information content (AvgIpc) is 2.51. The van der Waals surface area contributed by atoms with Crippen LogP contribution in [-0.4, -0.2) is 23.1 Å². The molecule has 2 aliphatic rings. The predicted octanol–water partition coefficient (Wildman–Crippen LogP) is 4.84. The van der Waals surface area contributed by atoms with Gasteiger partial charge >= 0.3 is 11.9 Å². The van der Waals surface area contributed by atoms with Crippen molar-refractivity contribution in [2.24, 2.45) is 11.3 Å². The lowest BCUT2D eigenvalue weighted by Crippen LogP contribution is -2.52. The fourth-order valence-electron chi connectivity index (χ4n) is 5.76. The van der Waals surface area contributed by atoms with Gasteiger partial charge in [0.05, 0.1) is 0 Å². The number of carbonyl (C=O) groups excluding carboxylic acids is 1. The number of benzene rings is 1. The summed E-state index contributed by atoms with van der Waals surface area (Å²) >= 11 is 0. The zero-order chi connectivity index (χ0) is 20.0. The molecule has 4 heteroatoms. The smallest absolute Gasteiger partial charge is 0.317 e. The first-order valence-corrected chi connectivity index (χ1v) is 10.1. The quantitative estimate of drug-likeness (QED) is 0.607. The molecule has 27 heavy (non-hydrogen) atoms. The van der Waals surface area contributed by atoms with E-state index in [1.807, 2.05) is 0 Å². The summed E-state index contributed by atoms with van der Waals surface area (Å²) in [6, 6.07) is 6.88. The van der Waals surface area contributed by atoms with Gasteiger partial charge in [-0.05, 0) is 65.0 Å². The van der Waals surface area contributed by atoms with Gasteiger partial charge in [-0.3, -0.25) is 9.59 Å². The van der Waals surface area contributed by atoms with Crippen molar-refractivity contribution in [3.8, 4) is 0 Å². The van der Waals surface area contributed by atoms with Crippen LogP contribution in [0, 0.1) is 11.3 Å². The third-order valence-corrected chi connectivity index (χ3v) is 6.83. The highest BCUT2D eigenvalue weighted by Crippen LogP contribution is 2.57. The molecule has 0 aliphatic heterocycles. The molecule has 0 bridgehead atoms. The third-order valence-electron chi connectivity index (χ3n) is 6.83. The minimum Gasteiger partial charge on any atom is -0.481 e. The van der Waals surface area contributed by atoms with Crippen molar-refractivity contribution in [2.75, 3.05) is 0 Å². The SMILES string of the molecule is CC(C)c1ccc2c(c1)CCC1C(C)(C)CC(OC(=O)CC(=O)O)CC21C. The fourth-order valence-corrected chi connectivity index (χ4v) is 5.76. The van der Waals surface area contributed by atoms with Crippen LogP contribution in [0.4, 0.5) is 0 Å². The standard InChI is InChI=1S/C23H32O4/c1-14(2)15-6-8-18-16(10-15)7-9-19-22(3,4)12-17(13-23(18,19)5)27-21(26)11-20(24)25/h6,8,10,14,17,19H,7,9,11-13H2,1-5H3,(H,24,25). The number of esters is 1. The third kappa shape index (κ3) is 3.76. The van der Waals surface area contributed by atoms with Gasteiger partial charge in [0, 0.05) is 0 Å². The second-order valence-corrected chi connectivity index (χ2v) is 9.66. The number of aliphatic carboxylic acids is 1. The molecular weight excluding hydrogens is 340 g/mol. The maximum atomic E-state index is 12.0. The van der Waals surface area contributed by atoms with E-state index in [4.69, 9.17) is 9.84 Å². The van der Waals surface area contributed by atoms with Crippen molar-refractivity contribution in [1.82, 2.24) is 0 Å². The number of ether oxygens (including phenoxy) is 1. The Morgan fingerprint density at radius 2 is 1.93 bits per heavy atom. The Morgan fingerprint density at radius 1 is 1.22 bits per heavy atom. The topological polar surface area (TPSA) is 63.6 Å². The number of carboxylic acid groups (broad SMARTS) is 1. The maximum absolute atomic E-state index is 12.0. The summed E-state index contributed by atoms with van der Waals surface area (Å²) in [4.78, 5) is 22.8. The first kappa shape index (κ1) is 19.9. The number of hydrogen-bond acceptors (Lipinski definition) is 3. The molecule has 0 amide bonds. The summed E-state index contributed by atoms with van der Waals surface area (Å²) in [6.45, 7) is 11.3. The summed E-state index contributed by atoms with van der Waals surface area (Å²) < 4.78 is 5.61. The van der Waals surface area contributed by atoms with Crippen LogP contribution >= 0.6 is 0 Å². The monoisotopic (exact) mass is 372 g/mol. The zero-order valence-corrected chi connectivity index (χ0v) is 17.2. The van der Waals surface area contributed by atoms with Gasteiger partial charge in [-0.2, -0.15) is 0 Å². The van der Waals surface area contributed by atoms with E-state index in [2.05, 4.69) is 52.8 Å². The molecule has 0 aromatic heterocycles. The highest BCUT2D eigenvalue weighted by molar-refractivity contribution is 5.90. The van der Waals surface area contributed by atoms with Crippen LogP contribution in [0.2, 0.25) is 0 Å². The molecular formula is C23H32O4. The normalized spacial score (nSPS) is 29.0. The van der Waals surface area contributed by atoms with Crippen molar-refractivity contribution in [3.05, 3.63) is 34.9 Å². The number of rotatable bonds is 4. The molecule has 1 saturated carbocycles. The van der Waals surface area contributed by atoms with E-state index in [9.17, 15) is 9.59 Å². The van der Waals surface area contributed by atoms with Gasteiger partial charge in [0.1, 0.15) is 12.5 Å². The lowest BCUT2D eigenvalue weighted by molar-refractivity contribution is -0.161. The first-order chi connectivity index (χ1) is 12.5. The Balaban J connectivity index is 1.93. The molecule has 3 rings (SSSR count). The molecule has 0 spiro atoms. The number of fused-ring (bicyclic) bond motifs is 3. The van der Waals surface area contributed by atoms with Crippen LogP contribution < -0.4 is 0 Å². The summed E-state index contributed by atoms with van der Waals surface area (Å²) in [6.07, 6.45) is 3.00. The Morgan fingerprint density at radius 3 is 2.56 bits per heavy atom. The Kier molecular flexibility index (Phi) is 5.13. The van der Waals surface area contributed by atoms with Crippen LogP contribution in [0.1, 0.15) is 82.9 Å². The Labute approximate surface area is 162 Å². The van der Waals surface area contributed by atoms with Crippen molar-refractivity contribution in [3.63, 3.8) is 0 Å². The molecule has 3 unspecified atom stereocenters. The number of aryl methyl sites for hydroxylation is 1. The van der Waals surface area contributed by atoms with Crippen molar-refractivity contribution < 1.29 is 19.4 Å².